The zero-order valence-corrected chi connectivity index (χ0v) is 9.69. The van der Waals surface area contributed by atoms with Gasteiger partial charge in [0.1, 0.15) is 0 Å². The van der Waals surface area contributed by atoms with Crippen molar-refractivity contribution in [1.29, 1.82) is 0 Å². The molecule has 0 unspecified atom stereocenters. The molecule has 0 radical (unpaired) electrons. The van der Waals surface area contributed by atoms with Crippen LogP contribution in [0.5, 0.6) is 0 Å². The third-order valence-electron chi connectivity index (χ3n) is 3.18. The van der Waals surface area contributed by atoms with Crippen molar-refractivity contribution in [3.63, 3.8) is 0 Å². The van der Waals surface area contributed by atoms with E-state index in [1.807, 2.05) is 0 Å². The smallest absolute Gasteiger partial charge is 0.0133 e. The van der Waals surface area contributed by atoms with Gasteiger partial charge in [0, 0.05) is 5.54 Å². The van der Waals surface area contributed by atoms with Crippen LogP contribution in [0.25, 0.3) is 0 Å². The van der Waals surface area contributed by atoms with Crippen LogP contribution in [0, 0.1) is 11.3 Å². The van der Waals surface area contributed by atoms with Gasteiger partial charge in [0.05, 0.1) is 0 Å². The van der Waals surface area contributed by atoms with Crippen molar-refractivity contribution in [3.05, 3.63) is 0 Å². The Morgan fingerprint density at radius 1 is 1.23 bits per heavy atom. The first-order chi connectivity index (χ1) is 5.85. The second-order valence-corrected chi connectivity index (χ2v) is 6.06. The highest BCUT2D eigenvalue weighted by Crippen LogP contribution is 2.44. The van der Waals surface area contributed by atoms with Gasteiger partial charge in [0.15, 0.2) is 0 Å². The number of hydrogen-bond donors (Lipinski definition) is 1. The highest BCUT2D eigenvalue weighted by atomic mass is 14.7. The third-order valence-corrected chi connectivity index (χ3v) is 3.18. The SMILES string of the molecule is CCC[C@@H]1CC(C)(C)C[C@@](C)(N)C1. The number of nitrogens with two attached hydrogens (primary N) is 1. The fraction of sp³-hybridized carbons (Fsp3) is 1.00. The van der Waals surface area contributed by atoms with E-state index in [0.29, 0.717) is 5.41 Å². The van der Waals surface area contributed by atoms with Crippen molar-refractivity contribution < 1.29 is 0 Å². The zero-order chi connectivity index (χ0) is 10.1. The summed E-state index contributed by atoms with van der Waals surface area (Å²) in [5.74, 6) is 0.865. The molecular weight excluding hydrogens is 158 g/mol. The Morgan fingerprint density at radius 3 is 2.31 bits per heavy atom. The molecule has 2 N–H and O–H groups in total. The molecule has 0 heterocycles. The van der Waals surface area contributed by atoms with Crippen molar-refractivity contribution >= 4 is 0 Å². The molecule has 1 aliphatic carbocycles. The van der Waals surface area contributed by atoms with Crippen LogP contribution in [-0.2, 0) is 0 Å². The molecule has 2 atom stereocenters. The van der Waals surface area contributed by atoms with Crippen LogP contribution in [0.2, 0.25) is 0 Å². The predicted molar refractivity (Wildman–Crippen MR) is 58.6 cm³/mol. The Kier molecular flexibility index (Phi) is 3.06. The third kappa shape index (κ3) is 3.30. The minimum Gasteiger partial charge on any atom is -0.325 e. The zero-order valence-electron chi connectivity index (χ0n) is 9.69. The molecule has 0 aromatic carbocycles. The first-order valence-corrected chi connectivity index (χ1v) is 5.63. The van der Waals surface area contributed by atoms with E-state index in [-0.39, 0.29) is 5.54 Å². The van der Waals surface area contributed by atoms with E-state index in [9.17, 15) is 0 Å². The van der Waals surface area contributed by atoms with Crippen LogP contribution < -0.4 is 5.73 Å². The molecule has 13 heavy (non-hydrogen) atoms. The molecule has 1 rings (SSSR count). The lowest BCUT2D eigenvalue weighted by molar-refractivity contribution is 0.105. The van der Waals surface area contributed by atoms with E-state index in [1.165, 1.54) is 32.1 Å². The first-order valence-electron chi connectivity index (χ1n) is 5.63. The highest BCUT2D eigenvalue weighted by Gasteiger charge is 2.38. The molecule has 78 valence electrons. The van der Waals surface area contributed by atoms with Gasteiger partial charge >= 0.3 is 0 Å². The Labute approximate surface area is 83.1 Å². The molecule has 1 aliphatic rings. The van der Waals surface area contributed by atoms with Crippen LogP contribution in [0.1, 0.15) is 59.8 Å². The van der Waals surface area contributed by atoms with Gasteiger partial charge in [-0.2, -0.15) is 0 Å². The minimum atomic E-state index is 0.0849. The van der Waals surface area contributed by atoms with Crippen molar-refractivity contribution in [2.24, 2.45) is 17.1 Å². The van der Waals surface area contributed by atoms with Gasteiger partial charge in [-0.05, 0) is 37.5 Å². The summed E-state index contributed by atoms with van der Waals surface area (Å²) in [4.78, 5) is 0. The van der Waals surface area contributed by atoms with Crippen molar-refractivity contribution in [3.8, 4) is 0 Å². The summed E-state index contributed by atoms with van der Waals surface area (Å²) < 4.78 is 0. The van der Waals surface area contributed by atoms with Crippen LogP contribution in [0.4, 0.5) is 0 Å². The van der Waals surface area contributed by atoms with Crippen molar-refractivity contribution in [2.45, 2.75) is 65.3 Å². The minimum absolute atomic E-state index is 0.0849. The lowest BCUT2D eigenvalue weighted by atomic mass is 9.64. The molecule has 0 spiro atoms. The van der Waals surface area contributed by atoms with Gasteiger partial charge in [-0.3, -0.25) is 0 Å². The van der Waals surface area contributed by atoms with Gasteiger partial charge in [-0.25, -0.2) is 0 Å². The van der Waals surface area contributed by atoms with Crippen LogP contribution >= 0.6 is 0 Å². The summed E-state index contributed by atoms with van der Waals surface area (Å²) in [7, 11) is 0. The topological polar surface area (TPSA) is 26.0 Å². The van der Waals surface area contributed by atoms with Gasteiger partial charge in [0.25, 0.3) is 0 Å². The average molecular weight is 183 g/mol. The molecule has 1 heteroatoms. The van der Waals surface area contributed by atoms with E-state index in [4.69, 9.17) is 5.73 Å². The maximum atomic E-state index is 6.27. The number of rotatable bonds is 2. The lowest BCUT2D eigenvalue weighted by Crippen LogP contribution is -2.47. The Morgan fingerprint density at radius 2 is 1.85 bits per heavy atom. The molecule has 1 fully saturated rings. The molecule has 0 aliphatic heterocycles. The van der Waals surface area contributed by atoms with Crippen LogP contribution in [0.3, 0.4) is 0 Å². The summed E-state index contributed by atoms with van der Waals surface area (Å²) >= 11 is 0. The largest absolute Gasteiger partial charge is 0.325 e. The van der Waals surface area contributed by atoms with E-state index >= 15 is 0 Å². The van der Waals surface area contributed by atoms with Gasteiger partial charge in [-0.15, -0.1) is 0 Å². The standard InChI is InChI=1S/C12H25N/c1-5-6-10-7-11(2,3)9-12(4,13)8-10/h10H,5-9,13H2,1-4H3/t10-,12+/m1/s1. The normalized spacial score (nSPS) is 39.0. The van der Waals surface area contributed by atoms with E-state index < -0.39 is 0 Å². The molecule has 0 amide bonds. The molecule has 0 aromatic heterocycles. The summed E-state index contributed by atoms with van der Waals surface area (Å²) in [5, 5.41) is 0. The predicted octanol–water partition coefficient (Wildman–Crippen LogP) is 3.33. The lowest BCUT2D eigenvalue weighted by Gasteiger charge is -2.44. The molecule has 0 bridgehead atoms. The van der Waals surface area contributed by atoms with E-state index in [0.717, 1.165) is 5.92 Å². The number of hydrogen-bond acceptors (Lipinski definition) is 1. The average Bonchev–Trinajstić information content (AvgIpc) is 1.78. The first kappa shape index (κ1) is 11.0. The Balaban J connectivity index is 2.61. The molecule has 1 nitrogen and oxygen atoms in total. The monoisotopic (exact) mass is 183 g/mol. The maximum absolute atomic E-state index is 6.27. The van der Waals surface area contributed by atoms with Gasteiger partial charge in [-0.1, -0.05) is 33.6 Å². The fourth-order valence-corrected chi connectivity index (χ4v) is 3.36. The van der Waals surface area contributed by atoms with Crippen molar-refractivity contribution in [1.82, 2.24) is 0 Å². The fourth-order valence-electron chi connectivity index (χ4n) is 3.36. The summed E-state index contributed by atoms with van der Waals surface area (Å²) in [6, 6.07) is 0. The molecular formula is C12H25N. The molecule has 0 saturated heterocycles. The summed E-state index contributed by atoms with van der Waals surface area (Å²) in [6.07, 6.45) is 6.44. The maximum Gasteiger partial charge on any atom is 0.0133 e. The second-order valence-electron chi connectivity index (χ2n) is 6.06. The van der Waals surface area contributed by atoms with Gasteiger partial charge in [0.2, 0.25) is 0 Å². The van der Waals surface area contributed by atoms with Crippen LogP contribution in [-0.4, -0.2) is 5.54 Å². The van der Waals surface area contributed by atoms with E-state index in [2.05, 4.69) is 27.7 Å². The Hall–Kier alpha value is -0.0400. The van der Waals surface area contributed by atoms with Crippen molar-refractivity contribution in [2.75, 3.05) is 0 Å². The summed E-state index contributed by atoms with van der Waals surface area (Å²) in [5.41, 5.74) is 6.82. The quantitative estimate of drug-likeness (QED) is 0.698. The van der Waals surface area contributed by atoms with Crippen LogP contribution in [0.15, 0.2) is 0 Å². The molecule has 0 aromatic rings. The Bertz CT molecular complexity index is 154. The molecule has 1 saturated carbocycles. The highest BCUT2D eigenvalue weighted by molar-refractivity contribution is 4.94. The summed E-state index contributed by atoms with van der Waals surface area (Å²) in [6.45, 7) is 9.21. The van der Waals surface area contributed by atoms with E-state index in [1.54, 1.807) is 0 Å². The second kappa shape index (κ2) is 3.61. The van der Waals surface area contributed by atoms with Gasteiger partial charge < -0.3 is 5.73 Å².